The van der Waals surface area contributed by atoms with Crippen molar-refractivity contribution < 1.29 is 0 Å². The van der Waals surface area contributed by atoms with E-state index in [0.717, 1.165) is 24.6 Å². The first-order valence-electron chi connectivity index (χ1n) is 5.24. The predicted octanol–water partition coefficient (Wildman–Crippen LogP) is 1.15. The monoisotopic (exact) mass is 259 g/mol. The van der Waals surface area contributed by atoms with Gasteiger partial charge in [-0.15, -0.1) is 10.2 Å². The van der Waals surface area contributed by atoms with Gasteiger partial charge in [0.1, 0.15) is 5.01 Å². The van der Waals surface area contributed by atoms with E-state index >= 15 is 0 Å². The molecule has 2 heterocycles. The van der Waals surface area contributed by atoms with E-state index in [4.69, 9.17) is 5.84 Å². The van der Waals surface area contributed by atoms with Crippen molar-refractivity contribution >= 4 is 28.2 Å². The average molecular weight is 259 g/mol. The Bertz CT molecular complexity index is 351. The van der Waals surface area contributed by atoms with E-state index in [0.29, 0.717) is 9.88 Å². The Labute approximate surface area is 104 Å². The maximum Gasteiger partial charge on any atom is 0.219 e. The van der Waals surface area contributed by atoms with Gasteiger partial charge in [0, 0.05) is 23.6 Å². The number of hydrogen-bond acceptors (Lipinski definition) is 7. The topological polar surface area (TPSA) is 67.1 Å². The van der Waals surface area contributed by atoms with Gasteiger partial charge in [0.15, 0.2) is 0 Å². The minimum atomic E-state index is 0.345. The summed E-state index contributed by atoms with van der Waals surface area (Å²) in [6.07, 6.45) is 0. The molecule has 5 nitrogen and oxygen atoms in total. The van der Waals surface area contributed by atoms with Crippen LogP contribution in [0.4, 0.5) is 5.13 Å². The Kier molecular flexibility index (Phi) is 3.68. The average Bonchev–Trinajstić information content (AvgIpc) is 2.64. The lowest BCUT2D eigenvalue weighted by Gasteiger charge is -2.36. The molecule has 0 radical (unpaired) electrons. The number of nitrogens with zero attached hydrogens (tertiary/aromatic N) is 3. The van der Waals surface area contributed by atoms with E-state index in [1.54, 1.807) is 0 Å². The van der Waals surface area contributed by atoms with Crippen molar-refractivity contribution in [2.24, 2.45) is 5.84 Å². The molecule has 90 valence electrons. The number of thioether (sulfide) groups is 1. The normalized spacial score (nSPS) is 20.9. The van der Waals surface area contributed by atoms with Crippen molar-refractivity contribution in [1.82, 2.24) is 15.1 Å². The molecule has 0 amide bonds. The van der Waals surface area contributed by atoms with Gasteiger partial charge in [-0.25, -0.2) is 5.84 Å². The number of aromatic nitrogens is 2. The van der Waals surface area contributed by atoms with Crippen LogP contribution in [-0.4, -0.2) is 38.7 Å². The standard InChI is InChI=1S/C9H17N5S2/c1-9(2)6-14(3-4-15-9)5-7-12-13-8(11-10)16-7/h3-6,10H2,1-2H3,(H,11,13). The highest BCUT2D eigenvalue weighted by molar-refractivity contribution is 8.00. The number of rotatable bonds is 3. The van der Waals surface area contributed by atoms with Crippen molar-refractivity contribution in [2.75, 3.05) is 24.3 Å². The number of hydrazine groups is 1. The molecule has 0 unspecified atom stereocenters. The fourth-order valence-electron chi connectivity index (χ4n) is 1.82. The summed E-state index contributed by atoms with van der Waals surface area (Å²) in [7, 11) is 0. The number of nitrogens with two attached hydrogens (primary N) is 1. The van der Waals surface area contributed by atoms with E-state index < -0.39 is 0 Å². The largest absolute Gasteiger partial charge is 0.298 e. The molecule has 0 atom stereocenters. The van der Waals surface area contributed by atoms with Gasteiger partial charge in [0.05, 0.1) is 6.54 Å². The summed E-state index contributed by atoms with van der Waals surface area (Å²) in [5, 5.41) is 9.75. The van der Waals surface area contributed by atoms with E-state index in [1.807, 2.05) is 11.8 Å². The molecule has 1 aromatic rings. The van der Waals surface area contributed by atoms with Crippen LogP contribution < -0.4 is 11.3 Å². The quantitative estimate of drug-likeness (QED) is 0.627. The van der Waals surface area contributed by atoms with Crippen molar-refractivity contribution in [2.45, 2.75) is 25.1 Å². The third-order valence-corrected chi connectivity index (χ3v) is 4.59. The summed E-state index contributed by atoms with van der Waals surface area (Å²) in [4.78, 5) is 2.43. The summed E-state index contributed by atoms with van der Waals surface area (Å²) in [6, 6.07) is 0. The van der Waals surface area contributed by atoms with Crippen LogP contribution in [0.25, 0.3) is 0 Å². The molecule has 16 heavy (non-hydrogen) atoms. The first kappa shape index (κ1) is 12.1. The third-order valence-electron chi connectivity index (χ3n) is 2.45. The SMILES string of the molecule is CC1(C)CN(Cc2nnc(NN)s2)CCS1. The molecule has 1 aliphatic heterocycles. The molecule has 0 saturated carbocycles. The van der Waals surface area contributed by atoms with Gasteiger partial charge < -0.3 is 0 Å². The minimum Gasteiger partial charge on any atom is -0.298 e. The summed E-state index contributed by atoms with van der Waals surface area (Å²) >= 11 is 3.56. The van der Waals surface area contributed by atoms with Gasteiger partial charge in [0.2, 0.25) is 5.13 Å². The summed E-state index contributed by atoms with van der Waals surface area (Å²) in [5.74, 6) is 6.47. The maximum absolute atomic E-state index is 5.28. The van der Waals surface area contributed by atoms with Gasteiger partial charge in [0.25, 0.3) is 0 Å². The number of nitrogens with one attached hydrogen (secondary N) is 1. The Balaban J connectivity index is 1.94. The van der Waals surface area contributed by atoms with Crippen LogP contribution in [0.15, 0.2) is 0 Å². The maximum atomic E-state index is 5.28. The second-order valence-electron chi connectivity index (χ2n) is 4.46. The van der Waals surface area contributed by atoms with Crippen molar-refractivity contribution in [3.8, 4) is 0 Å². The van der Waals surface area contributed by atoms with Crippen LogP contribution in [0.3, 0.4) is 0 Å². The minimum absolute atomic E-state index is 0.345. The molecule has 0 bridgehead atoms. The number of anilines is 1. The Hall–Kier alpha value is -0.370. The van der Waals surface area contributed by atoms with E-state index in [2.05, 4.69) is 34.4 Å². The van der Waals surface area contributed by atoms with Crippen LogP contribution in [0.1, 0.15) is 18.9 Å². The third kappa shape index (κ3) is 3.07. The first-order chi connectivity index (χ1) is 7.59. The van der Waals surface area contributed by atoms with Crippen molar-refractivity contribution in [3.05, 3.63) is 5.01 Å². The molecule has 0 aliphatic carbocycles. The second kappa shape index (κ2) is 4.87. The van der Waals surface area contributed by atoms with Crippen LogP contribution in [-0.2, 0) is 6.54 Å². The van der Waals surface area contributed by atoms with Crippen LogP contribution in [0, 0.1) is 0 Å². The van der Waals surface area contributed by atoms with E-state index in [-0.39, 0.29) is 0 Å². The van der Waals surface area contributed by atoms with Crippen molar-refractivity contribution in [1.29, 1.82) is 0 Å². The zero-order valence-corrected chi connectivity index (χ0v) is 11.2. The fraction of sp³-hybridized carbons (Fsp3) is 0.778. The highest BCUT2D eigenvalue weighted by atomic mass is 32.2. The molecular formula is C9H17N5S2. The van der Waals surface area contributed by atoms with Crippen LogP contribution >= 0.6 is 23.1 Å². The van der Waals surface area contributed by atoms with Gasteiger partial charge in [-0.05, 0) is 13.8 Å². The lowest BCUT2D eigenvalue weighted by molar-refractivity contribution is 0.251. The summed E-state index contributed by atoms with van der Waals surface area (Å²) in [5.41, 5.74) is 2.52. The molecule has 1 aromatic heterocycles. The molecular weight excluding hydrogens is 242 g/mol. The molecule has 1 aliphatic rings. The first-order valence-corrected chi connectivity index (χ1v) is 7.04. The lowest BCUT2D eigenvalue weighted by atomic mass is 10.2. The van der Waals surface area contributed by atoms with E-state index in [9.17, 15) is 0 Å². The molecule has 1 fully saturated rings. The molecule has 1 saturated heterocycles. The summed E-state index contributed by atoms with van der Waals surface area (Å²) in [6.45, 7) is 7.68. The molecule has 7 heteroatoms. The Morgan fingerprint density at radius 3 is 2.94 bits per heavy atom. The zero-order valence-electron chi connectivity index (χ0n) is 9.56. The van der Waals surface area contributed by atoms with Crippen LogP contribution in [0.5, 0.6) is 0 Å². The molecule has 0 aromatic carbocycles. The summed E-state index contributed by atoms with van der Waals surface area (Å²) < 4.78 is 0.345. The highest BCUT2D eigenvalue weighted by Gasteiger charge is 2.27. The lowest BCUT2D eigenvalue weighted by Crippen LogP contribution is -2.42. The zero-order chi connectivity index (χ0) is 11.6. The number of nitrogen functional groups attached to an aromatic ring is 1. The second-order valence-corrected chi connectivity index (χ2v) is 7.33. The molecule has 0 spiro atoms. The molecule has 2 rings (SSSR count). The Morgan fingerprint density at radius 1 is 1.50 bits per heavy atom. The number of hydrogen-bond donors (Lipinski definition) is 2. The van der Waals surface area contributed by atoms with Gasteiger partial charge in [-0.1, -0.05) is 11.3 Å². The van der Waals surface area contributed by atoms with Gasteiger partial charge >= 0.3 is 0 Å². The van der Waals surface area contributed by atoms with Crippen LogP contribution in [0.2, 0.25) is 0 Å². The highest BCUT2D eigenvalue weighted by Crippen LogP contribution is 2.30. The fourth-order valence-corrected chi connectivity index (χ4v) is 3.68. The predicted molar refractivity (Wildman–Crippen MR) is 69.5 cm³/mol. The smallest absolute Gasteiger partial charge is 0.219 e. The van der Waals surface area contributed by atoms with Gasteiger partial charge in [-0.2, -0.15) is 11.8 Å². The van der Waals surface area contributed by atoms with Crippen molar-refractivity contribution in [3.63, 3.8) is 0 Å². The van der Waals surface area contributed by atoms with E-state index in [1.165, 1.54) is 17.1 Å². The Morgan fingerprint density at radius 2 is 2.31 bits per heavy atom. The van der Waals surface area contributed by atoms with Gasteiger partial charge in [-0.3, -0.25) is 10.3 Å². The molecule has 3 N–H and O–H groups in total.